The highest BCUT2D eigenvalue weighted by atomic mass is 15.1. The summed E-state index contributed by atoms with van der Waals surface area (Å²) < 4.78 is 0. The van der Waals surface area contributed by atoms with Crippen molar-refractivity contribution in [2.45, 2.75) is 20.8 Å². The van der Waals surface area contributed by atoms with Crippen LogP contribution in [0.5, 0.6) is 0 Å². The Morgan fingerprint density at radius 3 is 2.80 bits per heavy atom. The number of anilines is 1. The maximum absolute atomic E-state index is 8.66. The minimum absolute atomic E-state index is 0.393. The molecular formula is C11H16N4. The van der Waals surface area contributed by atoms with E-state index in [-0.39, 0.29) is 0 Å². The second-order valence-electron chi connectivity index (χ2n) is 3.98. The Morgan fingerprint density at radius 2 is 2.20 bits per heavy atom. The van der Waals surface area contributed by atoms with Gasteiger partial charge in [-0.1, -0.05) is 20.8 Å². The fourth-order valence-corrected chi connectivity index (χ4v) is 0.994. The molecule has 1 atom stereocenters. The van der Waals surface area contributed by atoms with Gasteiger partial charge in [-0.2, -0.15) is 5.26 Å². The first-order valence-corrected chi connectivity index (χ1v) is 5.10. The zero-order valence-electron chi connectivity index (χ0n) is 9.36. The predicted octanol–water partition coefficient (Wildman–Crippen LogP) is 2.05. The van der Waals surface area contributed by atoms with E-state index in [4.69, 9.17) is 5.26 Å². The number of rotatable bonds is 4. The number of nitriles is 1. The van der Waals surface area contributed by atoms with Crippen molar-refractivity contribution in [3.05, 3.63) is 18.0 Å². The Balaban J connectivity index is 2.55. The van der Waals surface area contributed by atoms with Crippen LogP contribution < -0.4 is 5.32 Å². The van der Waals surface area contributed by atoms with E-state index in [0.717, 1.165) is 6.54 Å². The molecule has 0 aliphatic carbocycles. The van der Waals surface area contributed by atoms with Crippen LogP contribution in [0, 0.1) is 23.2 Å². The lowest BCUT2D eigenvalue weighted by Gasteiger charge is -2.15. The van der Waals surface area contributed by atoms with E-state index in [9.17, 15) is 0 Å². The molecule has 4 heteroatoms. The van der Waals surface area contributed by atoms with Crippen LogP contribution in [0.25, 0.3) is 0 Å². The van der Waals surface area contributed by atoms with Crippen LogP contribution in [0.15, 0.2) is 12.3 Å². The summed E-state index contributed by atoms with van der Waals surface area (Å²) in [6.07, 6.45) is 1.59. The van der Waals surface area contributed by atoms with Gasteiger partial charge in [0.05, 0.1) is 0 Å². The smallest absolute Gasteiger partial charge is 0.223 e. The molecular weight excluding hydrogens is 188 g/mol. The Hall–Kier alpha value is -1.63. The maximum atomic E-state index is 8.66. The molecule has 1 heterocycles. The number of aromatic nitrogens is 2. The van der Waals surface area contributed by atoms with E-state index in [2.05, 4.69) is 36.1 Å². The van der Waals surface area contributed by atoms with Crippen molar-refractivity contribution >= 4 is 5.95 Å². The third kappa shape index (κ3) is 3.55. The molecule has 0 saturated heterocycles. The molecule has 0 amide bonds. The lowest BCUT2D eigenvalue weighted by Crippen LogP contribution is -2.17. The lowest BCUT2D eigenvalue weighted by atomic mass is 9.98. The van der Waals surface area contributed by atoms with E-state index in [1.54, 1.807) is 12.3 Å². The molecule has 0 aromatic carbocycles. The van der Waals surface area contributed by atoms with Gasteiger partial charge in [0, 0.05) is 12.7 Å². The van der Waals surface area contributed by atoms with Crippen LogP contribution in [-0.4, -0.2) is 16.5 Å². The fraction of sp³-hybridized carbons (Fsp3) is 0.545. The van der Waals surface area contributed by atoms with Crippen molar-refractivity contribution in [1.29, 1.82) is 5.26 Å². The minimum Gasteiger partial charge on any atom is -0.354 e. The number of hydrogen-bond acceptors (Lipinski definition) is 4. The summed E-state index contributed by atoms with van der Waals surface area (Å²) in [6.45, 7) is 7.36. The van der Waals surface area contributed by atoms with Crippen molar-refractivity contribution in [3.63, 3.8) is 0 Å². The molecule has 1 N–H and O–H groups in total. The molecule has 0 radical (unpaired) electrons. The summed E-state index contributed by atoms with van der Waals surface area (Å²) in [5, 5.41) is 11.8. The van der Waals surface area contributed by atoms with Gasteiger partial charge in [-0.05, 0) is 17.9 Å². The van der Waals surface area contributed by atoms with Crippen LogP contribution in [-0.2, 0) is 0 Å². The second kappa shape index (κ2) is 5.30. The lowest BCUT2D eigenvalue weighted by molar-refractivity contribution is 0.439. The molecule has 1 rings (SSSR count). The van der Waals surface area contributed by atoms with Gasteiger partial charge in [0.15, 0.2) is 0 Å². The first-order valence-electron chi connectivity index (χ1n) is 5.10. The fourth-order valence-electron chi connectivity index (χ4n) is 0.994. The van der Waals surface area contributed by atoms with Crippen molar-refractivity contribution < 1.29 is 0 Å². The van der Waals surface area contributed by atoms with Crippen LogP contribution >= 0.6 is 0 Å². The quantitative estimate of drug-likeness (QED) is 0.815. The normalized spacial score (nSPS) is 12.2. The molecule has 0 bridgehead atoms. The molecule has 0 aliphatic heterocycles. The molecule has 1 unspecified atom stereocenters. The van der Waals surface area contributed by atoms with Gasteiger partial charge in [-0.3, -0.25) is 0 Å². The standard InChI is InChI=1S/C11H16N4/c1-8(2)9(3)7-14-11-13-5-4-10(6-12)15-11/h4-5,8-9H,7H2,1-3H3,(H,13,14,15). The van der Waals surface area contributed by atoms with Crippen molar-refractivity contribution in [2.75, 3.05) is 11.9 Å². The highest BCUT2D eigenvalue weighted by Crippen LogP contribution is 2.10. The molecule has 0 saturated carbocycles. The van der Waals surface area contributed by atoms with Gasteiger partial charge in [-0.25, -0.2) is 9.97 Å². The van der Waals surface area contributed by atoms with Crippen LogP contribution in [0.3, 0.4) is 0 Å². The molecule has 4 nitrogen and oxygen atoms in total. The van der Waals surface area contributed by atoms with Crippen molar-refractivity contribution in [2.24, 2.45) is 11.8 Å². The van der Waals surface area contributed by atoms with Gasteiger partial charge >= 0.3 is 0 Å². The molecule has 0 spiro atoms. The molecule has 0 fully saturated rings. The Bertz CT molecular complexity index is 354. The summed E-state index contributed by atoms with van der Waals surface area (Å²) in [5.74, 6) is 1.71. The summed E-state index contributed by atoms with van der Waals surface area (Å²) in [6, 6.07) is 3.58. The summed E-state index contributed by atoms with van der Waals surface area (Å²) in [5.41, 5.74) is 0.393. The molecule has 15 heavy (non-hydrogen) atoms. The van der Waals surface area contributed by atoms with Crippen molar-refractivity contribution in [1.82, 2.24) is 9.97 Å². The maximum Gasteiger partial charge on any atom is 0.223 e. The average Bonchev–Trinajstić information content (AvgIpc) is 2.26. The van der Waals surface area contributed by atoms with Crippen LogP contribution in [0.4, 0.5) is 5.95 Å². The minimum atomic E-state index is 0.393. The highest BCUT2D eigenvalue weighted by Gasteiger charge is 2.07. The Labute approximate surface area is 90.4 Å². The zero-order valence-corrected chi connectivity index (χ0v) is 9.36. The number of nitrogens with one attached hydrogen (secondary N) is 1. The van der Waals surface area contributed by atoms with Gasteiger partial charge < -0.3 is 5.32 Å². The predicted molar refractivity (Wildman–Crippen MR) is 59.2 cm³/mol. The number of nitrogens with zero attached hydrogens (tertiary/aromatic N) is 3. The third-order valence-corrected chi connectivity index (χ3v) is 2.49. The van der Waals surface area contributed by atoms with E-state index < -0.39 is 0 Å². The van der Waals surface area contributed by atoms with E-state index in [1.807, 2.05) is 6.07 Å². The molecule has 80 valence electrons. The summed E-state index contributed by atoms with van der Waals surface area (Å²) >= 11 is 0. The van der Waals surface area contributed by atoms with E-state index in [1.165, 1.54) is 0 Å². The molecule has 1 aromatic rings. The first kappa shape index (κ1) is 11.4. The molecule has 0 aliphatic rings. The van der Waals surface area contributed by atoms with E-state index >= 15 is 0 Å². The van der Waals surface area contributed by atoms with Gasteiger partial charge in [0.25, 0.3) is 0 Å². The SMILES string of the molecule is CC(C)C(C)CNc1nccc(C#N)n1. The van der Waals surface area contributed by atoms with Gasteiger partial charge in [0.2, 0.25) is 5.95 Å². The molecule has 1 aromatic heterocycles. The summed E-state index contributed by atoms with van der Waals surface area (Å²) in [7, 11) is 0. The second-order valence-corrected chi connectivity index (χ2v) is 3.98. The van der Waals surface area contributed by atoms with Gasteiger partial charge in [-0.15, -0.1) is 0 Å². The average molecular weight is 204 g/mol. The first-order chi connectivity index (χ1) is 7.13. The van der Waals surface area contributed by atoms with Crippen molar-refractivity contribution in [3.8, 4) is 6.07 Å². The summed E-state index contributed by atoms with van der Waals surface area (Å²) in [4.78, 5) is 8.08. The zero-order chi connectivity index (χ0) is 11.3. The van der Waals surface area contributed by atoms with Crippen LogP contribution in [0.2, 0.25) is 0 Å². The Morgan fingerprint density at radius 1 is 1.47 bits per heavy atom. The number of hydrogen-bond donors (Lipinski definition) is 1. The largest absolute Gasteiger partial charge is 0.354 e. The topological polar surface area (TPSA) is 61.6 Å². The van der Waals surface area contributed by atoms with E-state index in [0.29, 0.717) is 23.5 Å². The van der Waals surface area contributed by atoms with Crippen LogP contribution in [0.1, 0.15) is 26.5 Å². The monoisotopic (exact) mass is 204 g/mol. The Kier molecular flexibility index (Phi) is 4.04. The third-order valence-electron chi connectivity index (χ3n) is 2.49. The highest BCUT2D eigenvalue weighted by molar-refractivity contribution is 5.29. The van der Waals surface area contributed by atoms with Gasteiger partial charge in [0.1, 0.15) is 11.8 Å².